The number of carboxylic acid groups (broad SMARTS) is 1. The fraction of sp³-hybridized carbons (Fsp3) is 0.900. The molecule has 14 heavy (non-hydrogen) atoms. The van der Waals surface area contributed by atoms with Gasteiger partial charge in [0.1, 0.15) is 6.04 Å². The summed E-state index contributed by atoms with van der Waals surface area (Å²) in [7, 11) is 1.83. The number of rotatable bonds is 6. The molecule has 0 spiro atoms. The van der Waals surface area contributed by atoms with Gasteiger partial charge in [-0.25, -0.2) is 0 Å². The summed E-state index contributed by atoms with van der Waals surface area (Å²) >= 11 is 0. The molecule has 0 saturated heterocycles. The normalized spacial score (nSPS) is 14.4. The number of carbonyl (C=O) groups is 1. The molecule has 0 rings (SSSR count). The number of nitrogens with two attached hydrogens (primary N) is 1. The van der Waals surface area contributed by atoms with Crippen molar-refractivity contribution in [2.24, 2.45) is 11.1 Å². The summed E-state index contributed by atoms with van der Waals surface area (Å²) in [4.78, 5) is 12.7. The van der Waals surface area contributed by atoms with Crippen LogP contribution in [0.4, 0.5) is 0 Å². The highest BCUT2D eigenvalue weighted by Crippen LogP contribution is 2.16. The van der Waals surface area contributed by atoms with Gasteiger partial charge in [0.05, 0.1) is 0 Å². The Morgan fingerprint density at radius 2 is 2.07 bits per heavy atom. The van der Waals surface area contributed by atoms with Crippen LogP contribution in [0.5, 0.6) is 0 Å². The van der Waals surface area contributed by atoms with Crippen molar-refractivity contribution in [3.8, 4) is 0 Å². The molecule has 0 aromatic carbocycles. The van der Waals surface area contributed by atoms with Crippen molar-refractivity contribution in [3.63, 3.8) is 0 Å². The molecule has 0 aliphatic heterocycles. The van der Waals surface area contributed by atoms with Gasteiger partial charge in [0.25, 0.3) is 0 Å². The Labute approximate surface area is 86.1 Å². The summed E-state index contributed by atoms with van der Waals surface area (Å²) in [5.41, 5.74) is 5.57. The number of hydrogen-bond acceptors (Lipinski definition) is 3. The maximum absolute atomic E-state index is 10.9. The van der Waals surface area contributed by atoms with Crippen LogP contribution in [-0.2, 0) is 4.79 Å². The van der Waals surface area contributed by atoms with E-state index < -0.39 is 12.0 Å². The van der Waals surface area contributed by atoms with Crippen LogP contribution in [0, 0.1) is 5.41 Å². The van der Waals surface area contributed by atoms with Crippen molar-refractivity contribution >= 4 is 5.97 Å². The Morgan fingerprint density at radius 3 is 2.36 bits per heavy atom. The lowest BCUT2D eigenvalue weighted by Crippen LogP contribution is -2.45. The second-order valence-corrected chi connectivity index (χ2v) is 4.55. The first kappa shape index (κ1) is 13.4. The first-order chi connectivity index (χ1) is 6.34. The van der Waals surface area contributed by atoms with E-state index in [1.807, 2.05) is 32.7 Å². The number of carboxylic acids is 1. The smallest absolute Gasteiger partial charge is 0.320 e. The number of likely N-dealkylation sites (N-methyl/N-ethyl adjacent to an activating group) is 1. The Morgan fingerprint density at radius 1 is 1.57 bits per heavy atom. The van der Waals surface area contributed by atoms with Gasteiger partial charge in [-0.15, -0.1) is 0 Å². The molecule has 4 nitrogen and oxygen atoms in total. The Bertz CT molecular complexity index is 193. The van der Waals surface area contributed by atoms with E-state index in [1.165, 1.54) is 0 Å². The molecule has 0 aliphatic carbocycles. The molecule has 0 amide bonds. The van der Waals surface area contributed by atoms with Crippen LogP contribution in [0.15, 0.2) is 0 Å². The molecule has 3 N–H and O–H groups in total. The highest BCUT2D eigenvalue weighted by molar-refractivity contribution is 5.73. The molecule has 0 saturated carbocycles. The zero-order chi connectivity index (χ0) is 11.4. The lowest BCUT2D eigenvalue weighted by Gasteiger charge is -2.32. The van der Waals surface area contributed by atoms with E-state index in [0.29, 0.717) is 19.5 Å². The van der Waals surface area contributed by atoms with Gasteiger partial charge < -0.3 is 10.8 Å². The van der Waals surface area contributed by atoms with Gasteiger partial charge in [0.2, 0.25) is 0 Å². The Kier molecular flexibility index (Phi) is 5.08. The summed E-state index contributed by atoms with van der Waals surface area (Å²) in [6, 6.07) is -0.402. The fourth-order valence-corrected chi connectivity index (χ4v) is 1.52. The second kappa shape index (κ2) is 5.32. The van der Waals surface area contributed by atoms with Crippen LogP contribution < -0.4 is 5.73 Å². The topological polar surface area (TPSA) is 66.6 Å². The minimum Gasteiger partial charge on any atom is -0.480 e. The summed E-state index contributed by atoms with van der Waals surface area (Å²) in [6.07, 6.45) is 0.618. The van der Waals surface area contributed by atoms with Crippen molar-refractivity contribution in [1.29, 1.82) is 0 Å². The summed E-state index contributed by atoms with van der Waals surface area (Å²) in [5, 5.41) is 8.94. The van der Waals surface area contributed by atoms with E-state index in [1.54, 1.807) is 0 Å². The average Bonchev–Trinajstić information content (AvgIpc) is 2.03. The van der Waals surface area contributed by atoms with E-state index in [4.69, 9.17) is 10.8 Å². The molecule has 0 heterocycles. The van der Waals surface area contributed by atoms with Gasteiger partial charge in [0, 0.05) is 6.54 Å². The summed E-state index contributed by atoms with van der Waals surface area (Å²) in [5.74, 6) is -0.761. The van der Waals surface area contributed by atoms with E-state index in [2.05, 4.69) is 0 Å². The molecule has 0 radical (unpaired) electrons. The van der Waals surface area contributed by atoms with E-state index in [0.717, 1.165) is 0 Å². The number of aliphatic carboxylic acids is 1. The van der Waals surface area contributed by atoms with Crippen molar-refractivity contribution in [2.45, 2.75) is 33.2 Å². The van der Waals surface area contributed by atoms with Gasteiger partial charge in [0.15, 0.2) is 0 Å². The molecule has 0 bridgehead atoms. The quantitative estimate of drug-likeness (QED) is 0.667. The maximum Gasteiger partial charge on any atom is 0.320 e. The van der Waals surface area contributed by atoms with Crippen LogP contribution >= 0.6 is 0 Å². The van der Waals surface area contributed by atoms with Crippen molar-refractivity contribution < 1.29 is 9.90 Å². The van der Waals surface area contributed by atoms with Gasteiger partial charge in [-0.05, 0) is 25.4 Å². The third-order valence-electron chi connectivity index (χ3n) is 2.43. The van der Waals surface area contributed by atoms with Crippen molar-refractivity contribution in [3.05, 3.63) is 0 Å². The van der Waals surface area contributed by atoms with Crippen molar-refractivity contribution in [1.82, 2.24) is 4.90 Å². The standard InChI is InChI=1S/C10H22N2O2/c1-5-8(9(13)14)12(4)7-10(2,3)6-11/h8H,5-7,11H2,1-4H3,(H,13,14). The van der Waals surface area contributed by atoms with Crippen LogP contribution in [0.2, 0.25) is 0 Å². The molecule has 84 valence electrons. The summed E-state index contributed by atoms with van der Waals surface area (Å²) < 4.78 is 0. The fourth-order valence-electron chi connectivity index (χ4n) is 1.52. The largest absolute Gasteiger partial charge is 0.480 e. The van der Waals surface area contributed by atoms with E-state index in [-0.39, 0.29) is 5.41 Å². The Hall–Kier alpha value is -0.610. The predicted octanol–water partition coefficient (Wildman–Crippen LogP) is 0.766. The van der Waals surface area contributed by atoms with Crippen LogP contribution in [0.3, 0.4) is 0 Å². The molecule has 0 aromatic heterocycles. The molecule has 1 atom stereocenters. The third kappa shape index (κ3) is 4.07. The van der Waals surface area contributed by atoms with Gasteiger partial charge in [-0.3, -0.25) is 9.69 Å². The minimum atomic E-state index is -0.761. The Balaban J connectivity index is 4.31. The molecule has 0 aliphatic rings. The van der Waals surface area contributed by atoms with Crippen LogP contribution in [-0.4, -0.2) is 42.2 Å². The number of nitrogens with zero attached hydrogens (tertiary/aromatic N) is 1. The number of hydrogen-bond donors (Lipinski definition) is 2. The molecule has 0 aromatic rings. The first-order valence-corrected chi connectivity index (χ1v) is 4.97. The lowest BCUT2D eigenvalue weighted by molar-refractivity contribution is -0.143. The monoisotopic (exact) mass is 202 g/mol. The molecule has 4 heteroatoms. The maximum atomic E-state index is 10.9. The van der Waals surface area contributed by atoms with Gasteiger partial charge in [-0.1, -0.05) is 20.8 Å². The van der Waals surface area contributed by atoms with Gasteiger partial charge >= 0.3 is 5.97 Å². The second-order valence-electron chi connectivity index (χ2n) is 4.55. The predicted molar refractivity (Wildman–Crippen MR) is 57.2 cm³/mol. The molecule has 1 unspecified atom stereocenters. The van der Waals surface area contributed by atoms with Gasteiger partial charge in [-0.2, -0.15) is 0 Å². The van der Waals surface area contributed by atoms with Crippen LogP contribution in [0.1, 0.15) is 27.2 Å². The highest BCUT2D eigenvalue weighted by atomic mass is 16.4. The zero-order valence-corrected chi connectivity index (χ0v) is 9.58. The van der Waals surface area contributed by atoms with Crippen molar-refractivity contribution in [2.75, 3.05) is 20.1 Å². The summed E-state index contributed by atoms with van der Waals surface area (Å²) in [6.45, 7) is 7.22. The third-order valence-corrected chi connectivity index (χ3v) is 2.43. The van der Waals surface area contributed by atoms with E-state index in [9.17, 15) is 4.79 Å². The van der Waals surface area contributed by atoms with Crippen LogP contribution in [0.25, 0.3) is 0 Å². The minimum absolute atomic E-state index is 0.0301. The average molecular weight is 202 g/mol. The zero-order valence-electron chi connectivity index (χ0n) is 9.58. The lowest BCUT2D eigenvalue weighted by atomic mass is 9.92. The molecular formula is C10H22N2O2. The molecular weight excluding hydrogens is 180 g/mol. The molecule has 0 fully saturated rings. The van der Waals surface area contributed by atoms with E-state index >= 15 is 0 Å². The highest BCUT2D eigenvalue weighted by Gasteiger charge is 2.25. The first-order valence-electron chi connectivity index (χ1n) is 4.97. The SMILES string of the molecule is CCC(C(=O)O)N(C)CC(C)(C)CN.